The summed E-state index contributed by atoms with van der Waals surface area (Å²) < 4.78 is 5.55. The molecular formula is C27H47NO2. The Hall–Kier alpha value is -1.51. The number of nitrogens with zero attached hydrogens (tertiary/aromatic N) is 1. The monoisotopic (exact) mass is 417 g/mol. The summed E-state index contributed by atoms with van der Waals surface area (Å²) in [6.45, 7) is 8.81. The molecule has 0 N–H and O–H groups in total. The molecule has 0 aliphatic rings. The van der Waals surface area contributed by atoms with Gasteiger partial charge < -0.3 is 9.64 Å². The smallest absolute Gasteiger partial charge is 0.340 e. The fourth-order valence-corrected chi connectivity index (χ4v) is 4.03. The van der Waals surface area contributed by atoms with E-state index < -0.39 is 0 Å². The van der Waals surface area contributed by atoms with E-state index >= 15 is 0 Å². The molecule has 0 amide bonds. The molecule has 0 saturated carbocycles. The first-order valence-corrected chi connectivity index (χ1v) is 12.8. The number of hydrogen-bond donors (Lipinski definition) is 0. The molecule has 0 aliphatic carbocycles. The summed E-state index contributed by atoms with van der Waals surface area (Å²) in [4.78, 5) is 14.7. The van der Waals surface area contributed by atoms with Crippen molar-refractivity contribution in [3.8, 4) is 0 Å². The van der Waals surface area contributed by atoms with Crippen LogP contribution in [0.1, 0.15) is 121 Å². The highest BCUT2D eigenvalue weighted by Crippen LogP contribution is 2.21. The Bertz CT molecular complexity index is 539. The van der Waals surface area contributed by atoms with Crippen molar-refractivity contribution in [1.29, 1.82) is 0 Å². The van der Waals surface area contributed by atoms with E-state index in [9.17, 15) is 4.79 Å². The fraction of sp³-hybridized carbons (Fsp3) is 0.741. The first-order valence-electron chi connectivity index (χ1n) is 12.8. The minimum atomic E-state index is -0.188. The molecule has 30 heavy (non-hydrogen) atoms. The highest BCUT2D eigenvalue weighted by atomic mass is 16.5. The quantitative estimate of drug-likeness (QED) is 0.168. The minimum absolute atomic E-state index is 0.188. The fourth-order valence-electron chi connectivity index (χ4n) is 4.03. The Morgan fingerprint density at radius 2 is 1.17 bits per heavy atom. The average Bonchev–Trinajstić information content (AvgIpc) is 2.77. The van der Waals surface area contributed by atoms with Crippen molar-refractivity contribution in [1.82, 2.24) is 0 Å². The molecule has 1 aromatic carbocycles. The van der Waals surface area contributed by atoms with E-state index in [4.69, 9.17) is 4.74 Å². The van der Waals surface area contributed by atoms with Crippen LogP contribution in [0, 0.1) is 0 Å². The van der Waals surface area contributed by atoms with Crippen LogP contribution in [0.25, 0.3) is 0 Å². The lowest BCUT2D eigenvalue weighted by molar-refractivity contribution is 0.0498. The summed E-state index contributed by atoms with van der Waals surface area (Å²) in [6.07, 6.45) is 18.7. The molecule has 0 heterocycles. The molecule has 0 unspecified atom stereocenters. The van der Waals surface area contributed by atoms with E-state index in [1.807, 2.05) is 24.3 Å². The van der Waals surface area contributed by atoms with E-state index in [0.29, 0.717) is 12.2 Å². The minimum Gasteiger partial charge on any atom is -0.462 e. The van der Waals surface area contributed by atoms with Crippen molar-refractivity contribution in [3.63, 3.8) is 0 Å². The van der Waals surface area contributed by atoms with Gasteiger partial charge in [0, 0.05) is 13.1 Å². The standard InChI is InChI=1S/C27H47NO2/c1-4-7-8-9-10-11-12-13-14-15-16-17-18-21-24-30-27(29)25-22-19-20-23-26(25)28(5-2)6-3/h19-20,22-23H,4-18,21,24H2,1-3H3. The second-order valence-electron chi connectivity index (χ2n) is 8.42. The van der Waals surface area contributed by atoms with Gasteiger partial charge in [0.2, 0.25) is 0 Å². The topological polar surface area (TPSA) is 29.5 Å². The van der Waals surface area contributed by atoms with E-state index in [1.165, 1.54) is 77.0 Å². The van der Waals surface area contributed by atoms with Crippen LogP contribution in [-0.4, -0.2) is 25.7 Å². The van der Waals surface area contributed by atoms with E-state index in [0.717, 1.165) is 31.6 Å². The highest BCUT2D eigenvalue weighted by molar-refractivity contribution is 5.95. The number of esters is 1. The van der Waals surface area contributed by atoms with Crippen LogP contribution in [0.3, 0.4) is 0 Å². The second-order valence-corrected chi connectivity index (χ2v) is 8.42. The van der Waals surface area contributed by atoms with Crippen LogP contribution in [0.4, 0.5) is 5.69 Å². The summed E-state index contributed by atoms with van der Waals surface area (Å²) >= 11 is 0. The van der Waals surface area contributed by atoms with Crippen molar-refractivity contribution in [3.05, 3.63) is 29.8 Å². The maximum atomic E-state index is 12.5. The predicted octanol–water partition coefficient (Wildman–Crippen LogP) is 8.17. The number of benzene rings is 1. The summed E-state index contributed by atoms with van der Waals surface area (Å²) in [5, 5.41) is 0. The summed E-state index contributed by atoms with van der Waals surface area (Å²) in [6, 6.07) is 7.78. The number of para-hydroxylation sites is 1. The Labute approximate surface area is 186 Å². The van der Waals surface area contributed by atoms with E-state index in [-0.39, 0.29) is 5.97 Å². The molecule has 3 heteroatoms. The van der Waals surface area contributed by atoms with Crippen LogP contribution < -0.4 is 4.90 Å². The molecule has 1 rings (SSSR count). The first-order chi connectivity index (χ1) is 14.7. The maximum absolute atomic E-state index is 12.5. The van der Waals surface area contributed by atoms with Gasteiger partial charge in [0.25, 0.3) is 0 Å². The normalized spacial score (nSPS) is 10.9. The van der Waals surface area contributed by atoms with Crippen molar-refractivity contribution < 1.29 is 9.53 Å². The zero-order chi connectivity index (χ0) is 21.9. The van der Waals surface area contributed by atoms with Crippen molar-refractivity contribution in [2.45, 2.75) is 111 Å². The van der Waals surface area contributed by atoms with Gasteiger partial charge >= 0.3 is 5.97 Å². The average molecular weight is 418 g/mol. The van der Waals surface area contributed by atoms with Gasteiger partial charge in [-0.1, -0.05) is 103 Å². The number of anilines is 1. The number of ether oxygens (including phenoxy) is 1. The van der Waals surface area contributed by atoms with Gasteiger partial charge in [-0.25, -0.2) is 4.79 Å². The Morgan fingerprint density at radius 3 is 1.67 bits per heavy atom. The van der Waals surface area contributed by atoms with Crippen LogP contribution in [-0.2, 0) is 4.74 Å². The van der Waals surface area contributed by atoms with Gasteiger partial charge in [-0.2, -0.15) is 0 Å². The molecule has 0 bridgehead atoms. The Morgan fingerprint density at radius 1 is 0.700 bits per heavy atom. The lowest BCUT2D eigenvalue weighted by Crippen LogP contribution is -2.24. The number of carbonyl (C=O) groups is 1. The molecule has 0 spiro atoms. The molecule has 0 atom stereocenters. The molecule has 172 valence electrons. The maximum Gasteiger partial charge on any atom is 0.340 e. The van der Waals surface area contributed by atoms with Crippen molar-refractivity contribution in [2.75, 3.05) is 24.6 Å². The number of hydrogen-bond acceptors (Lipinski definition) is 3. The third kappa shape index (κ3) is 11.6. The molecule has 0 fully saturated rings. The van der Waals surface area contributed by atoms with E-state index in [1.54, 1.807) is 0 Å². The van der Waals surface area contributed by atoms with Crippen LogP contribution in [0.5, 0.6) is 0 Å². The zero-order valence-corrected chi connectivity index (χ0v) is 20.1. The molecule has 0 aromatic heterocycles. The SMILES string of the molecule is CCCCCCCCCCCCCCCCOC(=O)c1ccccc1N(CC)CC. The third-order valence-electron chi connectivity index (χ3n) is 5.96. The Kier molecular flexibility index (Phi) is 16.2. The van der Waals surface area contributed by atoms with Gasteiger partial charge in [-0.05, 0) is 32.4 Å². The van der Waals surface area contributed by atoms with Gasteiger partial charge in [-0.3, -0.25) is 0 Å². The molecular weight excluding hydrogens is 370 g/mol. The summed E-state index contributed by atoms with van der Waals surface area (Å²) in [7, 11) is 0. The lowest BCUT2D eigenvalue weighted by atomic mass is 10.0. The molecule has 3 nitrogen and oxygen atoms in total. The second kappa shape index (κ2) is 18.3. The first kappa shape index (κ1) is 26.5. The summed E-state index contributed by atoms with van der Waals surface area (Å²) in [5.41, 5.74) is 1.67. The third-order valence-corrected chi connectivity index (χ3v) is 5.96. The zero-order valence-electron chi connectivity index (χ0n) is 20.1. The predicted molar refractivity (Wildman–Crippen MR) is 131 cm³/mol. The molecule has 1 aromatic rings. The van der Waals surface area contributed by atoms with Gasteiger partial charge in [0.05, 0.1) is 17.9 Å². The molecule has 0 radical (unpaired) electrons. The van der Waals surface area contributed by atoms with Gasteiger partial charge in [-0.15, -0.1) is 0 Å². The van der Waals surface area contributed by atoms with E-state index in [2.05, 4.69) is 25.7 Å². The largest absolute Gasteiger partial charge is 0.462 e. The van der Waals surface area contributed by atoms with Crippen molar-refractivity contribution >= 4 is 11.7 Å². The lowest BCUT2D eigenvalue weighted by Gasteiger charge is -2.23. The number of unbranched alkanes of at least 4 members (excludes halogenated alkanes) is 13. The summed E-state index contributed by atoms with van der Waals surface area (Å²) in [5.74, 6) is -0.188. The number of rotatable bonds is 19. The van der Waals surface area contributed by atoms with Crippen LogP contribution >= 0.6 is 0 Å². The van der Waals surface area contributed by atoms with Crippen LogP contribution in [0.15, 0.2) is 24.3 Å². The number of carbonyl (C=O) groups excluding carboxylic acids is 1. The van der Waals surface area contributed by atoms with Gasteiger partial charge in [0.15, 0.2) is 0 Å². The molecule has 0 aliphatic heterocycles. The Balaban J connectivity index is 2.03. The highest BCUT2D eigenvalue weighted by Gasteiger charge is 2.15. The van der Waals surface area contributed by atoms with Crippen LogP contribution in [0.2, 0.25) is 0 Å². The molecule has 0 saturated heterocycles. The van der Waals surface area contributed by atoms with Crippen molar-refractivity contribution in [2.24, 2.45) is 0 Å². The van der Waals surface area contributed by atoms with Gasteiger partial charge in [0.1, 0.15) is 0 Å².